The first kappa shape index (κ1) is 14.9. The molecule has 0 fully saturated rings. The zero-order chi connectivity index (χ0) is 14.5. The van der Waals surface area contributed by atoms with Crippen LogP contribution >= 0.6 is 27.5 Å². The van der Waals surface area contributed by atoms with Gasteiger partial charge in [-0.3, -0.25) is 5.43 Å². The molecule has 0 aliphatic carbocycles. The van der Waals surface area contributed by atoms with Crippen LogP contribution in [0.3, 0.4) is 0 Å². The minimum Gasteiger partial charge on any atom is -0.496 e. The van der Waals surface area contributed by atoms with Crippen molar-refractivity contribution < 1.29 is 4.74 Å². The van der Waals surface area contributed by atoms with Gasteiger partial charge in [0, 0.05) is 15.1 Å². The summed E-state index contributed by atoms with van der Waals surface area (Å²) in [4.78, 5) is 0. The molecule has 0 heterocycles. The number of rotatable bonds is 4. The van der Waals surface area contributed by atoms with E-state index in [1.54, 1.807) is 13.3 Å². The highest BCUT2D eigenvalue weighted by Gasteiger charge is 2.01. The van der Waals surface area contributed by atoms with Crippen LogP contribution in [-0.2, 0) is 0 Å². The predicted octanol–water partition coefficient (Wildman–Crippen LogP) is 4.87. The van der Waals surface area contributed by atoms with Crippen molar-refractivity contribution >= 4 is 39.4 Å². The summed E-state index contributed by atoms with van der Waals surface area (Å²) in [5, 5.41) is 4.91. The lowest BCUT2D eigenvalue weighted by Crippen LogP contribution is -1.94. The number of nitrogens with one attached hydrogen (secondary N) is 1. The molecule has 0 saturated carbocycles. The van der Waals surface area contributed by atoms with E-state index in [2.05, 4.69) is 26.5 Å². The molecule has 104 valence electrons. The largest absolute Gasteiger partial charge is 0.496 e. The minimum atomic E-state index is 0.713. The van der Waals surface area contributed by atoms with Crippen LogP contribution in [0.25, 0.3) is 0 Å². The average molecular weight is 354 g/mol. The molecule has 0 spiro atoms. The summed E-state index contributed by atoms with van der Waals surface area (Å²) in [5.74, 6) is 0.765. The van der Waals surface area contributed by atoms with Gasteiger partial charge in [-0.2, -0.15) is 5.10 Å². The smallest absolute Gasteiger partial charge is 0.127 e. The van der Waals surface area contributed by atoms with E-state index in [1.807, 2.05) is 43.3 Å². The Bertz CT molecular complexity index is 644. The summed E-state index contributed by atoms with van der Waals surface area (Å²) in [5.41, 5.74) is 5.70. The van der Waals surface area contributed by atoms with E-state index in [9.17, 15) is 0 Å². The number of anilines is 1. The zero-order valence-corrected chi connectivity index (χ0v) is 13.5. The molecular formula is C15H14BrClN2O. The molecular weight excluding hydrogens is 340 g/mol. The average Bonchev–Trinajstić information content (AvgIpc) is 2.43. The second kappa shape index (κ2) is 6.77. The Morgan fingerprint density at radius 3 is 2.75 bits per heavy atom. The van der Waals surface area contributed by atoms with Crippen LogP contribution in [0.15, 0.2) is 46.0 Å². The molecule has 0 atom stereocenters. The first-order valence-electron chi connectivity index (χ1n) is 5.99. The normalized spacial score (nSPS) is 10.8. The number of hydrazone groups is 1. The monoisotopic (exact) mass is 352 g/mol. The van der Waals surface area contributed by atoms with E-state index >= 15 is 0 Å². The van der Waals surface area contributed by atoms with Gasteiger partial charge in [-0.15, -0.1) is 0 Å². The molecule has 0 aromatic heterocycles. The Morgan fingerprint density at radius 1 is 1.25 bits per heavy atom. The Morgan fingerprint density at radius 2 is 2.05 bits per heavy atom. The van der Waals surface area contributed by atoms with Gasteiger partial charge in [0.25, 0.3) is 0 Å². The van der Waals surface area contributed by atoms with Crippen LogP contribution in [0.2, 0.25) is 5.02 Å². The van der Waals surface area contributed by atoms with Crippen molar-refractivity contribution in [2.24, 2.45) is 5.10 Å². The van der Waals surface area contributed by atoms with Crippen molar-refractivity contribution in [2.75, 3.05) is 12.5 Å². The number of ether oxygens (including phenoxy) is 1. The van der Waals surface area contributed by atoms with Gasteiger partial charge in [-0.25, -0.2) is 0 Å². The van der Waals surface area contributed by atoms with Crippen molar-refractivity contribution in [1.29, 1.82) is 0 Å². The third-order valence-electron chi connectivity index (χ3n) is 2.76. The number of nitrogens with zero attached hydrogens (tertiary/aromatic N) is 1. The van der Waals surface area contributed by atoms with Crippen LogP contribution in [0.5, 0.6) is 5.75 Å². The fourth-order valence-corrected chi connectivity index (χ4v) is 2.20. The van der Waals surface area contributed by atoms with E-state index in [-0.39, 0.29) is 0 Å². The van der Waals surface area contributed by atoms with E-state index in [0.717, 1.165) is 27.0 Å². The number of aryl methyl sites for hydroxylation is 1. The maximum absolute atomic E-state index is 6.06. The Labute approximate surface area is 131 Å². The Kier molecular flexibility index (Phi) is 5.04. The predicted molar refractivity (Wildman–Crippen MR) is 88.1 cm³/mol. The first-order valence-corrected chi connectivity index (χ1v) is 7.16. The maximum Gasteiger partial charge on any atom is 0.127 e. The van der Waals surface area contributed by atoms with Crippen molar-refractivity contribution in [2.45, 2.75) is 6.92 Å². The fourth-order valence-electron chi connectivity index (χ4n) is 1.64. The lowest BCUT2D eigenvalue weighted by Gasteiger charge is -2.05. The Hall–Kier alpha value is -1.52. The van der Waals surface area contributed by atoms with Crippen molar-refractivity contribution in [3.63, 3.8) is 0 Å². The lowest BCUT2D eigenvalue weighted by atomic mass is 10.2. The van der Waals surface area contributed by atoms with Crippen LogP contribution in [0, 0.1) is 6.92 Å². The molecule has 5 heteroatoms. The van der Waals surface area contributed by atoms with Gasteiger partial charge < -0.3 is 4.74 Å². The van der Waals surface area contributed by atoms with Gasteiger partial charge in [0.2, 0.25) is 0 Å². The van der Waals surface area contributed by atoms with Crippen LogP contribution in [0.4, 0.5) is 5.69 Å². The van der Waals surface area contributed by atoms with Crippen LogP contribution in [-0.4, -0.2) is 13.3 Å². The summed E-state index contributed by atoms with van der Waals surface area (Å²) < 4.78 is 6.25. The third-order valence-corrected chi connectivity index (χ3v) is 3.66. The summed E-state index contributed by atoms with van der Waals surface area (Å²) in [6.45, 7) is 1.96. The highest BCUT2D eigenvalue weighted by Crippen LogP contribution is 2.22. The molecule has 2 aromatic rings. The molecule has 2 rings (SSSR count). The highest BCUT2D eigenvalue weighted by atomic mass is 79.9. The van der Waals surface area contributed by atoms with Crippen molar-refractivity contribution in [3.05, 3.63) is 57.0 Å². The molecule has 0 unspecified atom stereocenters. The van der Waals surface area contributed by atoms with Gasteiger partial charge >= 0.3 is 0 Å². The number of hydrogen-bond donors (Lipinski definition) is 1. The van der Waals surface area contributed by atoms with E-state index in [0.29, 0.717) is 5.02 Å². The second-order valence-corrected chi connectivity index (χ2v) is 5.54. The van der Waals surface area contributed by atoms with E-state index in [4.69, 9.17) is 16.3 Å². The fraction of sp³-hybridized carbons (Fsp3) is 0.133. The second-order valence-electron chi connectivity index (χ2n) is 4.22. The highest BCUT2D eigenvalue weighted by molar-refractivity contribution is 9.10. The minimum absolute atomic E-state index is 0.713. The summed E-state index contributed by atoms with van der Waals surface area (Å²) >= 11 is 9.48. The Balaban J connectivity index is 2.13. The molecule has 0 aliphatic rings. The van der Waals surface area contributed by atoms with Crippen LogP contribution in [0.1, 0.15) is 11.1 Å². The number of halogens is 2. The van der Waals surface area contributed by atoms with Crippen LogP contribution < -0.4 is 10.2 Å². The number of methoxy groups -OCH3 is 1. The van der Waals surface area contributed by atoms with E-state index < -0.39 is 0 Å². The molecule has 0 radical (unpaired) electrons. The van der Waals surface area contributed by atoms with Gasteiger partial charge in [-0.1, -0.05) is 33.6 Å². The van der Waals surface area contributed by atoms with Gasteiger partial charge in [0.15, 0.2) is 0 Å². The quantitative estimate of drug-likeness (QED) is 0.628. The maximum atomic E-state index is 6.06. The summed E-state index contributed by atoms with van der Waals surface area (Å²) in [7, 11) is 1.63. The summed E-state index contributed by atoms with van der Waals surface area (Å²) in [6.07, 6.45) is 1.71. The molecule has 1 N–H and O–H groups in total. The van der Waals surface area contributed by atoms with E-state index in [1.165, 1.54) is 0 Å². The topological polar surface area (TPSA) is 33.6 Å². The first-order chi connectivity index (χ1) is 9.60. The molecule has 3 nitrogen and oxygen atoms in total. The van der Waals surface area contributed by atoms with Crippen molar-refractivity contribution in [1.82, 2.24) is 0 Å². The van der Waals surface area contributed by atoms with Crippen molar-refractivity contribution in [3.8, 4) is 5.75 Å². The standard InChI is InChI=1S/C15H14BrClN2O/c1-10-3-5-13(8-14(10)17)19-18-9-11-7-12(16)4-6-15(11)20-2/h3-9,19H,1-2H3/b18-9+. The number of hydrogen-bond acceptors (Lipinski definition) is 3. The lowest BCUT2D eigenvalue weighted by molar-refractivity contribution is 0.414. The van der Waals surface area contributed by atoms with Gasteiger partial charge in [0.05, 0.1) is 19.0 Å². The zero-order valence-electron chi connectivity index (χ0n) is 11.2. The SMILES string of the molecule is COc1ccc(Br)cc1/C=N/Nc1ccc(C)c(Cl)c1. The summed E-state index contributed by atoms with van der Waals surface area (Å²) in [6, 6.07) is 11.5. The molecule has 0 aliphatic heterocycles. The molecule has 0 amide bonds. The number of benzene rings is 2. The molecule has 20 heavy (non-hydrogen) atoms. The van der Waals surface area contributed by atoms with Gasteiger partial charge in [0.1, 0.15) is 5.75 Å². The molecule has 0 bridgehead atoms. The molecule has 0 saturated heterocycles. The third kappa shape index (κ3) is 3.74. The molecule has 2 aromatic carbocycles. The van der Waals surface area contributed by atoms with Gasteiger partial charge in [-0.05, 0) is 42.8 Å².